The molecule has 0 amide bonds. The molecule has 0 bridgehead atoms. The average molecular weight is 445 g/mol. The van der Waals surface area contributed by atoms with Crippen LogP contribution in [0, 0.1) is 0 Å². The van der Waals surface area contributed by atoms with E-state index in [4.69, 9.17) is 14.0 Å². The van der Waals surface area contributed by atoms with Crippen LogP contribution in [0.5, 0.6) is 11.5 Å². The van der Waals surface area contributed by atoms with E-state index in [1.165, 1.54) is 4.31 Å². The number of piperazine rings is 1. The molecule has 0 radical (unpaired) electrons. The van der Waals surface area contributed by atoms with Gasteiger partial charge in [-0.05, 0) is 48.5 Å². The summed E-state index contributed by atoms with van der Waals surface area (Å²) in [6, 6.07) is 13.9. The largest absolute Gasteiger partial charge is 0.497 e. The van der Waals surface area contributed by atoms with Crippen molar-refractivity contribution in [2.75, 3.05) is 40.4 Å². The van der Waals surface area contributed by atoms with Crippen molar-refractivity contribution in [2.45, 2.75) is 11.4 Å². The maximum atomic E-state index is 12.9. The molecule has 1 aliphatic heterocycles. The number of ether oxygens (including phenoxy) is 2. The molecular formula is C21H24N4O5S. The molecule has 9 nitrogen and oxygen atoms in total. The van der Waals surface area contributed by atoms with Gasteiger partial charge in [-0.25, -0.2) is 8.42 Å². The van der Waals surface area contributed by atoms with Crippen molar-refractivity contribution in [3.05, 3.63) is 54.4 Å². The average Bonchev–Trinajstić information content (AvgIpc) is 3.28. The lowest BCUT2D eigenvalue weighted by Gasteiger charge is -2.33. The first-order valence-electron chi connectivity index (χ1n) is 9.83. The molecule has 10 heteroatoms. The number of aromatic nitrogens is 2. The molecule has 1 aliphatic rings. The zero-order valence-corrected chi connectivity index (χ0v) is 18.2. The summed E-state index contributed by atoms with van der Waals surface area (Å²) >= 11 is 0. The van der Waals surface area contributed by atoms with E-state index in [-0.39, 0.29) is 4.90 Å². The van der Waals surface area contributed by atoms with E-state index in [0.29, 0.717) is 50.2 Å². The van der Waals surface area contributed by atoms with Crippen LogP contribution in [0.25, 0.3) is 11.4 Å². The minimum absolute atomic E-state index is 0.266. The van der Waals surface area contributed by atoms with Crippen LogP contribution in [0.2, 0.25) is 0 Å². The van der Waals surface area contributed by atoms with E-state index in [1.54, 1.807) is 38.5 Å². The Kier molecular flexibility index (Phi) is 6.21. The smallest absolute Gasteiger partial charge is 0.243 e. The number of benzene rings is 2. The number of hydrogen-bond acceptors (Lipinski definition) is 8. The fourth-order valence-corrected chi connectivity index (χ4v) is 4.81. The van der Waals surface area contributed by atoms with Crippen LogP contribution in [0.15, 0.2) is 57.9 Å². The van der Waals surface area contributed by atoms with Crippen molar-refractivity contribution in [3.8, 4) is 22.9 Å². The first kappa shape index (κ1) is 21.3. The fraction of sp³-hybridized carbons (Fsp3) is 0.333. The Morgan fingerprint density at radius 3 is 2.06 bits per heavy atom. The molecule has 31 heavy (non-hydrogen) atoms. The van der Waals surface area contributed by atoms with Crippen molar-refractivity contribution in [1.29, 1.82) is 0 Å². The second kappa shape index (κ2) is 9.04. The third-order valence-electron chi connectivity index (χ3n) is 5.20. The van der Waals surface area contributed by atoms with E-state index >= 15 is 0 Å². The molecule has 164 valence electrons. The van der Waals surface area contributed by atoms with Gasteiger partial charge in [0.15, 0.2) is 0 Å². The van der Waals surface area contributed by atoms with Gasteiger partial charge in [0, 0.05) is 31.7 Å². The Balaban J connectivity index is 1.35. The summed E-state index contributed by atoms with van der Waals surface area (Å²) in [6.45, 7) is 2.42. The zero-order valence-electron chi connectivity index (χ0n) is 17.4. The Bertz CT molecular complexity index is 1110. The third-order valence-corrected chi connectivity index (χ3v) is 7.12. The molecule has 0 atom stereocenters. The van der Waals surface area contributed by atoms with Gasteiger partial charge in [-0.2, -0.15) is 9.29 Å². The van der Waals surface area contributed by atoms with Crippen molar-refractivity contribution in [2.24, 2.45) is 0 Å². The normalized spacial score (nSPS) is 15.7. The van der Waals surface area contributed by atoms with Crippen molar-refractivity contribution in [3.63, 3.8) is 0 Å². The fourth-order valence-electron chi connectivity index (χ4n) is 3.39. The van der Waals surface area contributed by atoms with E-state index in [2.05, 4.69) is 15.0 Å². The summed E-state index contributed by atoms with van der Waals surface area (Å²) in [7, 11) is -0.369. The molecule has 2 heterocycles. The van der Waals surface area contributed by atoms with Crippen LogP contribution in [0.3, 0.4) is 0 Å². The molecule has 0 aliphatic carbocycles. The van der Waals surface area contributed by atoms with E-state index in [1.807, 2.05) is 24.3 Å². The van der Waals surface area contributed by atoms with E-state index in [0.717, 1.165) is 11.3 Å². The van der Waals surface area contributed by atoms with Crippen molar-refractivity contribution in [1.82, 2.24) is 19.3 Å². The van der Waals surface area contributed by atoms with Crippen LogP contribution < -0.4 is 9.47 Å². The lowest BCUT2D eigenvalue weighted by Crippen LogP contribution is -2.48. The van der Waals surface area contributed by atoms with Crippen LogP contribution in [0.1, 0.15) is 5.89 Å². The highest BCUT2D eigenvalue weighted by atomic mass is 32.2. The summed E-state index contributed by atoms with van der Waals surface area (Å²) in [6.07, 6.45) is 0. The molecule has 1 aromatic heterocycles. The summed E-state index contributed by atoms with van der Waals surface area (Å²) in [4.78, 5) is 6.83. The molecule has 2 aromatic carbocycles. The highest BCUT2D eigenvalue weighted by Crippen LogP contribution is 2.22. The van der Waals surface area contributed by atoms with Crippen LogP contribution >= 0.6 is 0 Å². The topological polar surface area (TPSA) is 98.0 Å². The molecular weight excluding hydrogens is 420 g/mol. The Morgan fingerprint density at radius 2 is 1.48 bits per heavy atom. The number of rotatable bonds is 7. The number of nitrogens with zero attached hydrogens (tertiary/aromatic N) is 4. The standard InChI is InChI=1S/C21H24N4O5S/c1-28-17-5-3-16(4-6-17)21-22-20(30-23-21)15-24-11-13-25(14-12-24)31(26,27)19-9-7-18(29-2)8-10-19/h3-10H,11-15H2,1-2H3. The molecule has 4 rings (SSSR count). The quantitative estimate of drug-likeness (QED) is 0.547. The lowest BCUT2D eigenvalue weighted by atomic mass is 10.2. The molecule has 1 saturated heterocycles. The van der Waals surface area contributed by atoms with Gasteiger partial charge in [0.25, 0.3) is 0 Å². The monoisotopic (exact) mass is 444 g/mol. The molecule has 3 aromatic rings. The maximum Gasteiger partial charge on any atom is 0.243 e. The second-order valence-electron chi connectivity index (χ2n) is 7.10. The van der Waals surface area contributed by atoms with Crippen molar-refractivity contribution < 1.29 is 22.4 Å². The van der Waals surface area contributed by atoms with Gasteiger partial charge in [0.05, 0.1) is 25.7 Å². The van der Waals surface area contributed by atoms with Crippen molar-refractivity contribution >= 4 is 10.0 Å². The zero-order chi connectivity index (χ0) is 21.8. The Hall–Kier alpha value is -2.95. The summed E-state index contributed by atoms with van der Waals surface area (Å²) in [5, 5.41) is 4.05. The summed E-state index contributed by atoms with van der Waals surface area (Å²) in [5.74, 6) is 2.39. The summed E-state index contributed by atoms with van der Waals surface area (Å²) in [5.41, 5.74) is 0.839. The molecule has 1 fully saturated rings. The predicted octanol–water partition coefficient (Wildman–Crippen LogP) is 2.26. The number of methoxy groups -OCH3 is 2. The van der Waals surface area contributed by atoms with Gasteiger partial charge in [-0.3, -0.25) is 4.90 Å². The van der Waals surface area contributed by atoms with Crippen LogP contribution in [-0.2, 0) is 16.6 Å². The minimum atomic E-state index is -3.53. The highest BCUT2D eigenvalue weighted by Gasteiger charge is 2.29. The Labute approximate surface area is 181 Å². The first-order valence-corrected chi connectivity index (χ1v) is 11.3. The van der Waals surface area contributed by atoms with Gasteiger partial charge < -0.3 is 14.0 Å². The Morgan fingerprint density at radius 1 is 0.903 bits per heavy atom. The molecule has 0 N–H and O–H groups in total. The summed E-state index contributed by atoms with van der Waals surface area (Å²) < 4.78 is 42.9. The highest BCUT2D eigenvalue weighted by molar-refractivity contribution is 7.89. The molecule has 0 spiro atoms. The van der Waals surface area contributed by atoms with Gasteiger partial charge in [0.2, 0.25) is 21.7 Å². The van der Waals surface area contributed by atoms with E-state index in [9.17, 15) is 8.42 Å². The first-order chi connectivity index (χ1) is 15.0. The molecule has 0 unspecified atom stereocenters. The van der Waals surface area contributed by atoms with Crippen LogP contribution in [0.4, 0.5) is 0 Å². The van der Waals surface area contributed by atoms with Gasteiger partial charge in [-0.1, -0.05) is 5.16 Å². The van der Waals surface area contributed by atoms with Crippen LogP contribution in [-0.4, -0.2) is 68.2 Å². The van der Waals surface area contributed by atoms with Gasteiger partial charge in [-0.15, -0.1) is 0 Å². The minimum Gasteiger partial charge on any atom is -0.497 e. The number of hydrogen-bond donors (Lipinski definition) is 0. The van der Waals surface area contributed by atoms with E-state index < -0.39 is 10.0 Å². The third kappa shape index (κ3) is 4.71. The predicted molar refractivity (Wildman–Crippen MR) is 113 cm³/mol. The van der Waals surface area contributed by atoms with Gasteiger partial charge >= 0.3 is 0 Å². The SMILES string of the molecule is COc1ccc(-c2noc(CN3CCN(S(=O)(=O)c4ccc(OC)cc4)CC3)n2)cc1. The second-order valence-corrected chi connectivity index (χ2v) is 9.03. The van der Waals surface area contributed by atoms with Gasteiger partial charge in [0.1, 0.15) is 11.5 Å². The lowest BCUT2D eigenvalue weighted by molar-refractivity contribution is 0.163. The number of sulfonamides is 1. The maximum absolute atomic E-state index is 12.9. The molecule has 0 saturated carbocycles.